The maximum atomic E-state index is 6.10. The minimum atomic E-state index is -0.459. The van der Waals surface area contributed by atoms with Crippen LogP contribution in [0.4, 0.5) is 5.69 Å². The van der Waals surface area contributed by atoms with Gasteiger partial charge in [-0.05, 0) is 52.2 Å². The molecule has 0 heterocycles. The van der Waals surface area contributed by atoms with E-state index in [0.717, 1.165) is 19.4 Å². The Labute approximate surface area is 168 Å². The molecule has 0 radical (unpaired) electrons. The fourth-order valence-corrected chi connectivity index (χ4v) is 3.83. The fraction of sp³-hybridized carbons (Fsp3) is 0.750. The lowest BCUT2D eigenvalue weighted by atomic mass is 9.88. The molecular weight excluding hydrogens is 334 g/mol. The van der Waals surface area contributed by atoms with Crippen molar-refractivity contribution < 1.29 is 9.47 Å². The quantitative estimate of drug-likeness (QED) is 0.233. The summed E-state index contributed by atoms with van der Waals surface area (Å²) < 4.78 is 12.2. The molecule has 1 unspecified atom stereocenters. The van der Waals surface area contributed by atoms with E-state index < -0.39 is 5.79 Å². The largest absolute Gasteiger partial charge is 0.385 e. The van der Waals surface area contributed by atoms with E-state index in [9.17, 15) is 0 Å². The molecule has 3 heteroatoms. The highest BCUT2D eigenvalue weighted by atomic mass is 16.7. The number of rotatable bonds is 17. The molecule has 156 valence electrons. The van der Waals surface area contributed by atoms with Crippen molar-refractivity contribution in [3.8, 4) is 0 Å². The zero-order valence-corrected chi connectivity index (χ0v) is 18.3. The Bertz CT molecular complexity index is 443. The van der Waals surface area contributed by atoms with Crippen LogP contribution >= 0.6 is 0 Å². The molecule has 0 fully saturated rings. The Kier molecular flexibility index (Phi) is 13.3. The summed E-state index contributed by atoms with van der Waals surface area (Å²) in [6, 6.07) is 10.4. The van der Waals surface area contributed by atoms with E-state index in [2.05, 4.69) is 63.3 Å². The average Bonchev–Trinajstić information content (AvgIpc) is 2.67. The van der Waals surface area contributed by atoms with E-state index >= 15 is 0 Å². The number of benzene rings is 1. The Balaban J connectivity index is 2.49. The summed E-state index contributed by atoms with van der Waals surface area (Å²) in [5.74, 6) is -0.0132. The molecule has 3 nitrogen and oxygen atoms in total. The van der Waals surface area contributed by atoms with Gasteiger partial charge in [0.1, 0.15) is 0 Å². The van der Waals surface area contributed by atoms with E-state index in [1.807, 2.05) is 0 Å². The molecular formula is C24H43NO2. The van der Waals surface area contributed by atoms with Crippen LogP contribution in [-0.2, 0) is 9.47 Å². The summed E-state index contributed by atoms with van der Waals surface area (Å²) >= 11 is 0. The SMILES string of the molecule is CCCCCCCCC(CCCNc1ccccc1)C(C)(OCC)OCC. The third kappa shape index (κ3) is 10.2. The molecule has 1 atom stereocenters. The number of ether oxygens (including phenoxy) is 2. The summed E-state index contributed by atoms with van der Waals surface area (Å²) in [6.45, 7) is 10.9. The first-order valence-corrected chi connectivity index (χ1v) is 11.2. The van der Waals surface area contributed by atoms with Crippen LogP contribution in [0.25, 0.3) is 0 Å². The van der Waals surface area contributed by atoms with Crippen molar-refractivity contribution in [3.05, 3.63) is 30.3 Å². The van der Waals surface area contributed by atoms with Crippen molar-refractivity contribution in [2.45, 2.75) is 91.3 Å². The summed E-state index contributed by atoms with van der Waals surface area (Å²) in [7, 11) is 0. The van der Waals surface area contributed by atoms with E-state index in [4.69, 9.17) is 9.47 Å². The van der Waals surface area contributed by atoms with Crippen molar-refractivity contribution in [2.24, 2.45) is 5.92 Å². The minimum absolute atomic E-state index is 0.446. The molecule has 0 spiro atoms. The predicted molar refractivity (Wildman–Crippen MR) is 117 cm³/mol. The lowest BCUT2D eigenvalue weighted by molar-refractivity contribution is -0.254. The van der Waals surface area contributed by atoms with Gasteiger partial charge in [0.05, 0.1) is 0 Å². The van der Waals surface area contributed by atoms with Gasteiger partial charge >= 0.3 is 0 Å². The van der Waals surface area contributed by atoms with Gasteiger partial charge in [0.15, 0.2) is 5.79 Å². The van der Waals surface area contributed by atoms with E-state index in [-0.39, 0.29) is 0 Å². The summed E-state index contributed by atoms with van der Waals surface area (Å²) in [6.07, 6.45) is 11.5. The molecule has 0 aliphatic heterocycles. The molecule has 27 heavy (non-hydrogen) atoms. The lowest BCUT2D eigenvalue weighted by Gasteiger charge is -2.37. The second kappa shape index (κ2) is 14.9. The van der Waals surface area contributed by atoms with E-state index in [0.29, 0.717) is 19.1 Å². The monoisotopic (exact) mass is 377 g/mol. The molecule has 1 aromatic carbocycles. The zero-order valence-electron chi connectivity index (χ0n) is 18.3. The highest BCUT2D eigenvalue weighted by Gasteiger charge is 2.34. The number of hydrogen-bond donors (Lipinski definition) is 1. The van der Waals surface area contributed by atoms with Gasteiger partial charge in [-0.15, -0.1) is 0 Å². The van der Waals surface area contributed by atoms with Crippen LogP contribution in [0.15, 0.2) is 30.3 Å². The third-order valence-corrected chi connectivity index (χ3v) is 5.34. The topological polar surface area (TPSA) is 30.5 Å². The predicted octanol–water partition coefficient (Wildman–Crippen LogP) is 7.03. The third-order valence-electron chi connectivity index (χ3n) is 5.34. The molecule has 0 aliphatic rings. The molecule has 1 N–H and O–H groups in total. The van der Waals surface area contributed by atoms with Crippen molar-refractivity contribution in [2.75, 3.05) is 25.1 Å². The number of nitrogens with one attached hydrogen (secondary N) is 1. The van der Waals surface area contributed by atoms with Gasteiger partial charge in [-0.1, -0.05) is 63.6 Å². The normalized spacial score (nSPS) is 12.9. The standard InChI is InChI=1S/C24H43NO2/c1-5-8-9-10-11-13-17-22(24(4,26-6-2)27-7-3)18-16-21-25-23-19-14-12-15-20-23/h12,14-15,19-20,22,25H,5-11,13,16-18,21H2,1-4H3. The van der Waals surface area contributed by atoms with Gasteiger partial charge in [-0.25, -0.2) is 0 Å². The summed E-state index contributed by atoms with van der Waals surface area (Å²) in [5, 5.41) is 3.52. The van der Waals surface area contributed by atoms with E-state index in [1.54, 1.807) is 0 Å². The Hall–Kier alpha value is -1.06. The van der Waals surface area contributed by atoms with Gasteiger partial charge in [0, 0.05) is 31.4 Å². The molecule has 0 aliphatic carbocycles. The molecule has 0 aromatic heterocycles. The molecule has 1 aromatic rings. The van der Waals surface area contributed by atoms with E-state index in [1.165, 1.54) is 50.6 Å². The maximum absolute atomic E-state index is 6.10. The number of hydrogen-bond acceptors (Lipinski definition) is 3. The zero-order chi connectivity index (χ0) is 19.8. The Morgan fingerprint density at radius 1 is 0.815 bits per heavy atom. The lowest BCUT2D eigenvalue weighted by Crippen LogP contribution is -2.41. The van der Waals surface area contributed by atoms with Crippen molar-refractivity contribution in [1.82, 2.24) is 0 Å². The van der Waals surface area contributed by atoms with Crippen LogP contribution in [-0.4, -0.2) is 25.5 Å². The number of anilines is 1. The van der Waals surface area contributed by atoms with Crippen molar-refractivity contribution in [1.29, 1.82) is 0 Å². The molecule has 0 saturated carbocycles. The highest BCUT2D eigenvalue weighted by molar-refractivity contribution is 5.42. The van der Waals surface area contributed by atoms with Gasteiger partial charge in [0.25, 0.3) is 0 Å². The number of para-hydroxylation sites is 1. The van der Waals surface area contributed by atoms with Crippen LogP contribution in [0.1, 0.15) is 85.5 Å². The van der Waals surface area contributed by atoms with Crippen LogP contribution < -0.4 is 5.32 Å². The molecule has 1 rings (SSSR count). The van der Waals surface area contributed by atoms with Gasteiger partial charge in [-0.3, -0.25) is 0 Å². The smallest absolute Gasteiger partial charge is 0.168 e. The first-order valence-electron chi connectivity index (χ1n) is 11.2. The molecule has 0 bridgehead atoms. The average molecular weight is 378 g/mol. The van der Waals surface area contributed by atoms with Crippen molar-refractivity contribution in [3.63, 3.8) is 0 Å². The second-order valence-corrected chi connectivity index (χ2v) is 7.57. The maximum Gasteiger partial charge on any atom is 0.168 e. The summed E-state index contributed by atoms with van der Waals surface area (Å²) in [5.41, 5.74) is 1.20. The summed E-state index contributed by atoms with van der Waals surface area (Å²) in [4.78, 5) is 0. The van der Waals surface area contributed by atoms with Gasteiger partial charge in [0.2, 0.25) is 0 Å². The Morgan fingerprint density at radius 3 is 2.04 bits per heavy atom. The molecule has 0 amide bonds. The van der Waals surface area contributed by atoms with Crippen LogP contribution in [0.3, 0.4) is 0 Å². The minimum Gasteiger partial charge on any atom is -0.385 e. The van der Waals surface area contributed by atoms with Gasteiger partial charge < -0.3 is 14.8 Å². The first kappa shape index (κ1) is 24.0. The second-order valence-electron chi connectivity index (χ2n) is 7.57. The van der Waals surface area contributed by atoms with Gasteiger partial charge in [-0.2, -0.15) is 0 Å². The fourth-order valence-electron chi connectivity index (χ4n) is 3.83. The van der Waals surface area contributed by atoms with Crippen molar-refractivity contribution >= 4 is 5.69 Å². The van der Waals surface area contributed by atoms with Crippen LogP contribution in [0.5, 0.6) is 0 Å². The van der Waals surface area contributed by atoms with Crippen LogP contribution in [0.2, 0.25) is 0 Å². The Morgan fingerprint density at radius 2 is 1.41 bits per heavy atom. The molecule has 0 saturated heterocycles. The first-order chi connectivity index (χ1) is 13.2. The number of unbranched alkanes of at least 4 members (excludes halogenated alkanes) is 5. The highest BCUT2D eigenvalue weighted by Crippen LogP contribution is 2.32. The van der Waals surface area contributed by atoms with Crippen LogP contribution in [0, 0.1) is 5.92 Å².